The van der Waals surface area contributed by atoms with Crippen LogP contribution in [0.15, 0.2) is 48.5 Å². The quantitative estimate of drug-likeness (QED) is 0.855. The number of anilines is 2. The van der Waals surface area contributed by atoms with Gasteiger partial charge >= 0.3 is 0 Å². The van der Waals surface area contributed by atoms with Gasteiger partial charge in [-0.2, -0.15) is 0 Å². The number of hydrogen-bond acceptors (Lipinski definition) is 3. The van der Waals surface area contributed by atoms with Crippen molar-refractivity contribution in [2.75, 3.05) is 23.3 Å². The average Bonchev–Trinajstić information content (AvgIpc) is 3.05. The van der Waals surface area contributed by atoms with Gasteiger partial charge in [-0.05, 0) is 38.1 Å². The fraction of sp³-hybridized carbons (Fsp3) is 0.286. The summed E-state index contributed by atoms with van der Waals surface area (Å²) in [5.74, 6) is -1.02. The highest BCUT2D eigenvalue weighted by atomic mass is 16.2. The number of carbonyl (C=O) groups excluding carboxylic acids is 3. The second kappa shape index (κ2) is 8.03. The van der Waals surface area contributed by atoms with Crippen LogP contribution >= 0.6 is 0 Å². The third kappa shape index (κ3) is 4.16. The number of rotatable bonds is 5. The molecule has 6 nitrogen and oxygen atoms in total. The Hall–Kier alpha value is -3.15. The molecule has 27 heavy (non-hydrogen) atoms. The van der Waals surface area contributed by atoms with Crippen molar-refractivity contribution in [3.63, 3.8) is 0 Å². The van der Waals surface area contributed by atoms with E-state index >= 15 is 0 Å². The molecule has 1 aliphatic rings. The van der Waals surface area contributed by atoms with E-state index in [4.69, 9.17) is 0 Å². The minimum atomic E-state index is -0.457. The lowest BCUT2D eigenvalue weighted by Gasteiger charge is -2.17. The van der Waals surface area contributed by atoms with Gasteiger partial charge in [0.15, 0.2) is 0 Å². The number of amides is 3. The summed E-state index contributed by atoms with van der Waals surface area (Å²) >= 11 is 0. The fourth-order valence-electron chi connectivity index (χ4n) is 3.14. The number of nitrogens with zero attached hydrogens (tertiary/aromatic N) is 1. The molecule has 0 saturated carbocycles. The summed E-state index contributed by atoms with van der Waals surface area (Å²) in [4.78, 5) is 38.9. The van der Waals surface area contributed by atoms with E-state index in [0.717, 1.165) is 11.3 Å². The van der Waals surface area contributed by atoms with E-state index in [-0.39, 0.29) is 24.1 Å². The van der Waals surface area contributed by atoms with E-state index in [1.54, 1.807) is 29.2 Å². The number of aryl methyl sites for hydroxylation is 1. The smallest absolute Gasteiger partial charge is 0.253 e. The molecule has 1 atom stereocenters. The van der Waals surface area contributed by atoms with Gasteiger partial charge in [0.05, 0.1) is 17.2 Å². The van der Waals surface area contributed by atoms with Gasteiger partial charge in [-0.25, -0.2) is 0 Å². The zero-order chi connectivity index (χ0) is 19.4. The van der Waals surface area contributed by atoms with Crippen LogP contribution in [0.2, 0.25) is 0 Å². The Morgan fingerprint density at radius 2 is 1.81 bits per heavy atom. The Morgan fingerprint density at radius 3 is 2.52 bits per heavy atom. The predicted molar refractivity (Wildman–Crippen MR) is 105 cm³/mol. The van der Waals surface area contributed by atoms with Gasteiger partial charge in [0.1, 0.15) is 0 Å². The van der Waals surface area contributed by atoms with Gasteiger partial charge in [0, 0.05) is 25.2 Å². The third-order valence-corrected chi connectivity index (χ3v) is 4.61. The van der Waals surface area contributed by atoms with Gasteiger partial charge in [0.2, 0.25) is 11.8 Å². The minimum absolute atomic E-state index is 0.0731. The lowest BCUT2D eigenvalue weighted by atomic mass is 10.1. The largest absolute Gasteiger partial charge is 0.352 e. The SMILES string of the molecule is CCNC(=O)c1ccccc1NC(=O)[C@@H]1CC(=O)N(c2ccc(C)cc2)C1. The molecule has 1 aliphatic heterocycles. The van der Waals surface area contributed by atoms with Crippen LogP contribution in [0.4, 0.5) is 11.4 Å². The van der Waals surface area contributed by atoms with Crippen molar-refractivity contribution in [3.8, 4) is 0 Å². The molecular formula is C21H23N3O3. The molecule has 140 valence electrons. The zero-order valence-electron chi connectivity index (χ0n) is 15.5. The number of nitrogens with one attached hydrogen (secondary N) is 2. The van der Waals surface area contributed by atoms with Crippen LogP contribution in [0, 0.1) is 12.8 Å². The molecule has 0 aliphatic carbocycles. The summed E-state index contributed by atoms with van der Waals surface area (Å²) in [5, 5.41) is 5.55. The first-order chi connectivity index (χ1) is 13.0. The van der Waals surface area contributed by atoms with E-state index in [9.17, 15) is 14.4 Å². The van der Waals surface area contributed by atoms with Gasteiger partial charge in [-0.1, -0.05) is 29.8 Å². The Balaban J connectivity index is 1.72. The second-order valence-electron chi connectivity index (χ2n) is 6.64. The standard InChI is InChI=1S/C21H23N3O3/c1-3-22-21(27)17-6-4-5-7-18(17)23-20(26)15-12-19(25)24(13-15)16-10-8-14(2)9-11-16/h4-11,15H,3,12-13H2,1-2H3,(H,22,27)(H,23,26)/t15-/m1/s1. The van der Waals surface area contributed by atoms with Crippen molar-refractivity contribution >= 4 is 29.1 Å². The monoisotopic (exact) mass is 365 g/mol. The van der Waals surface area contributed by atoms with Crippen LogP contribution in [0.1, 0.15) is 29.3 Å². The topological polar surface area (TPSA) is 78.5 Å². The first-order valence-electron chi connectivity index (χ1n) is 9.04. The van der Waals surface area contributed by atoms with Crippen molar-refractivity contribution in [1.82, 2.24) is 5.32 Å². The minimum Gasteiger partial charge on any atom is -0.352 e. The Morgan fingerprint density at radius 1 is 1.11 bits per heavy atom. The molecule has 0 bridgehead atoms. The molecule has 6 heteroatoms. The summed E-state index contributed by atoms with van der Waals surface area (Å²) in [7, 11) is 0. The van der Waals surface area contributed by atoms with Crippen LogP contribution in [-0.4, -0.2) is 30.8 Å². The molecular weight excluding hydrogens is 342 g/mol. The van der Waals surface area contributed by atoms with E-state index in [0.29, 0.717) is 24.3 Å². The summed E-state index contributed by atoms with van der Waals surface area (Å²) in [6.45, 7) is 4.65. The lowest BCUT2D eigenvalue weighted by Crippen LogP contribution is -2.29. The van der Waals surface area contributed by atoms with Crippen LogP contribution in [-0.2, 0) is 9.59 Å². The molecule has 2 aromatic carbocycles. The maximum atomic E-state index is 12.7. The van der Waals surface area contributed by atoms with E-state index in [1.807, 2.05) is 38.1 Å². The number of hydrogen-bond donors (Lipinski definition) is 2. The molecule has 0 radical (unpaired) electrons. The lowest BCUT2D eigenvalue weighted by molar-refractivity contribution is -0.122. The molecule has 1 heterocycles. The molecule has 2 aromatic rings. The summed E-state index contributed by atoms with van der Waals surface area (Å²) in [6.07, 6.45) is 0.156. The summed E-state index contributed by atoms with van der Waals surface area (Å²) in [5.41, 5.74) is 2.77. The van der Waals surface area contributed by atoms with Crippen LogP contribution < -0.4 is 15.5 Å². The normalized spacial score (nSPS) is 16.3. The van der Waals surface area contributed by atoms with Crippen LogP contribution in [0.5, 0.6) is 0 Å². The maximum absolute atomic E-state index is 12.7. The Bertz CT molecular complexity index is 861. The molecule has 0 aromatic heterocycles. The van der Waals surface area contributed by atoms with Crippen molar-refractivity contribution in [2.24, 2.45) is 5.92 Å². The Kier molecular flexibility index (Phi) is 5.54. The summed E-state index contributed by atoms with van der Waals surface area (Å²) < 4.78 is 0. The first-order valence-corrected chi connectivity index (χ1v) is 9.04. The second-order valence-corrected chi connectivity index (χ2v) is 6.64. The van der Waals surface area contributed by atoms with Crippen LogP contribution in [0.3, 0.4) is 0 Å². The van der Waals surface area contributed by atoms with Crippen LogP contribution in [0.25, 0.3) is 0 Å². The highest BCUT2D eigenvalue weighted by molar-refractivity contribution is 6.07. The van der Waals surface area contributed by atoms with E-state index < -0.39 is 5.92 Å². The van der Waals surface area contributed by atoms with Crippen molar-refractivity contribution < 1.29 is 14.4 Å². The average molecular weight is 365 g/mol. The fourth-order valence-corrected chi connectivity index (χ4v) is 3.14. The van der Waals surface area contributed by atoms with Gasteiger partial charge in [0.25, 0.3) is 5.91 Å². The number of para-hydroxylation sites is 1. The number of benzene rings is 2. The Labute approximate surface area is 158 Å². The highest BCUT2D eigenvalue weighted by Gasteiger charge is 2.35. The molecule has 1 saturated heterocycles. The predicted octanol–water partition coefficient (Wildman–Crippen LogP) is 2.74. The highest BCUT2D eigenvalue weighted by Crippen LogP contribution is 2.27. The van der Waals surface area contributed by atoms with E-state index in [2.05, 4.69) is 10.6 Å². The molecule has 2 N–H and O–H groups in total. The van der Waals surface area contributed by atoms with Crippen molar-refractivity contribution in [1.29, 1.82) is 0 Å². The number of carbonyl (C=O) groups is 3. The molecule has 3 amide bonds. The van der Waals surface area contributed by atoms with Crippen molar-refractivity contribution in [3.05, 3.63) is 59.7 Å². The van der Waals surface area contributed by atoms with Gasteiger partial charge < -0.3 is 15.5 Å². The summed E-state index contributed by atoms with van der Waals surface area (Å²) in [6, 6.07) is 14.5. The molecule has 0 spiro atoms. The zero-order valence-corrected chi connectivity index (χ0v) is 15.5. The first kappa shape index (κ1) is 18.6. The van der Waals surface area contributed by atoms with E-state index in [1.165, 1.54) is 0 Å². The molecule has 1 fully saturated rings. The maximum Gasteiger partial charge on any atom is 0.253 e. The van der Waals surface area contributed by atoms with Gasteiger partial charge in [-0.3, -0.25) is 14.4 Å². The molecule has 3 rings (SSSR count). The molecule has 0 unspecified atom stereocenters. The third-order valence-electron chi connectivity index (χ3n) is 4.61. The van der Waals surface area contributed by atoms with Gasteiger partial charge in [-0.15, -0.1) is 0 Å². The van der Waals surface area contributed by atoms with Crippen molar-refractivity contribution in [2.45, 2.75) is 20.3 Å².